The molecule has 0 spiro atoms. The molecule has 0 aromatic heterocycles. The largest absolute Gasteiger partial charge is 0.364 e. The molecular formula is C18H26ClN3O3. The minimum absolute atomic E-state index is 0. The summed E-state index contributed by atoms with van der Waals surface area (Å²) >= 11 is 0. The van der Waals surface area contributed by atoms with Crippen molar-refractivity contribution in [2.75, 3.05) is 11.9 Å². The molecule has 1 saturated heterocycles. The molecule has 3 rings (SSSR count). The van der Waals surface area contributed by atoms with Crippen molar-refractivity contribution in [3.8, 4) is 0 Å². The summed E-state index contributed by atoms with van der Waals surface area (Å²) in [6, 6.07) is 7.58. The van der Waals surface area contributed by atoms with Crippen molar-refractivity contribution in [2.24, 2.45) is 11.7 Å². The fourth-order valence-corrected chi connectivity index (χ4v) is 3.05. The number of hydrogen-bond acceptors (Lipinski definition) is 4. The summed E-state index contributed by atoms with van der Waals surface area (Å²) in [5, 5.41) is 5.84. The summed E-state index contributed by atoms with van der Waals surface area (Å²) in [5.41, 5.74) is 7.29. The highest BCUT2D eigenvalue weighted by Crippen LogP contribution is 2.27. The van der Waals surface area contributed by atoms with E-state index in [-0.39, 0.29) is 36.2 Å². The smallest absolute Gasteiger partial charge is 0.249 e. The van der Waals surface area contributed by atoms with E-state index in [2.05, 4.69) is 10.6 Å². The van der Waals surface area contributed by atoms with E-state index in [4.69, 9.17) is 10.5 Å². The maximum atomic E-state index is 12.1. The maximum absolute atomic E-state index is 12.1. The summed E-state index contributed by atoms with van der Waals surface area (Å²) in [6.07, 6.45) is 4.23. The summed E-state index contributed by atoms with van der Waals surface area (Å²) in [4.78, 5) is 24.1. The molecule has 0 unspecified atom stereocenters. The zero-order valence-corrected chi connectivity index (χ0v) is 15.0. The quantitative estimate of drug-likeness (QED) is 0.716. The first-order chi connectivity index (χ1) is 11.7. The number of anilines is 1. The lowest BCUT2D eigenvalue weighted by Gasteiger charge is -2.24. The van der Waals surface area contributed by atoms with Gasteiger partial charge in [0.05, 0.1) is 6.10 Å². The molecule has 7 heteroatoms. The van der Waals surface area contributed by atoms with E-state index in [1.165, 1.54) is 0 Å². The SMILES string of the molecule is Cl.NC[C@H]1CC[C@@H](C(=O)NCc2cccc(NC(=O)C3CCC3)c2)O1. The third-order valence-electron chi connectivity index (χ3n) is 4.80. The molecule has 1 aliphatic heterocycles. The third kappa shape index (κ3) is 5.17. The van der Waals surface area contributed by atoms with Crippen LogP contribution in [0.2, 0.25) is 0 Å². The van der Waals surface area contributed by atoms with E-state index in [1.54, 1.807) is 0 Å². The summed E-state index contributed by atoms with van der Waals surface area (Å²) in [6.45, 7) is 0.867. The molecule has 2 fully saturated rings. The number of carbonyl (C=O) groups is 2. The number of halogens is 1. The lowest BCUT2D eigenvalue weighted by Crippen LogP contribution is -2.35. The fourth-order valence-electron chi connectivity index (χ4n) is 3.05. The van der Waals surface area contributed by atoms with Crippen LogP contribution < -0.4 is 16.4 Å². The van der Waals surface area contributed by atoms with Crippen LogP contribution in [0, 0.1) is 5.92 Å². The van der Waals surface area contributed by atoms with Crippen LogP contribution in [0.5, 0.6) is 0 Å². The van der Waals surface area contributed by atoms with Gasteiger partial charge in [0.2, 0.25) is 11.8 Å². The van der Waals surface area contributed by atoms with Crippen LogP contribution in [0.1, 0.15) is 37.7 Å². The Morgan fingerprint density at radius 1 is 1.16 bits per heavy atom. The number of amides is 2. The van der Waals surface area contributed by atoms with Crippen molar-refractivity contribution >= 4 is 29.9 Å². The average Bonchev–Trinajstić information content (AvgIpc) is 3.00. The van der Waals surface area contributed by atoms with Crippen molar-refractivity contribution in [1.29, 1.82) is 0 Å². The zero-order valence-electron chi connectivity index (χ0n) is 14.2. The first kappa shape index (κ1) is 19.7. The van der Waals surface area contributed by atoms with E-state index in [0.717, 1.165) is 36.9 Å². The van der Waals surface area contributed by atoms with Crippen LogP contribution in [-0.4, -0.2) is 30.6 Å². The average molecular weight is 368 g/mol. The second kappa shape index (κ2) is 9.17. The van der Waals surface area contributed by atoms with Crippen LogP contribution in [0.3, 0.4) is 0 Å². The lowest BCUT2D eigenvalue weighted by molar-refractivity contribution is -0.132. The van der Waals surface area contributed by atoms with Gasteiger partial charge in [-0.2, -0.15) is 0 Å². The topological polar surface area (TPSA) is 93.5 Å². The van der Waals surface area contributed by atoms with Crippen LogP contribution in [-0.2, 0) is 20.9 Å². The van der Waals surface area contributed by atoms with Crippen molar-refractivity contribution in [3.63, 3.8) is 0 Å². The van der Waals surface area contributed by atoms with Crippen molar-refractivity contribution in [2.45, 2.75) is 50.9 Å². The highest BCUT2D eigenvalue weighted by Gasteiger charge is 2.29. The predicted octanol–water partition coefficient (Wildman–Crippen LogP) is 1.97. The van der Waals surface area contributed by atoms with Gasteiger partial charge in [0, 0.05) is 24.7 Å². The van der Waals surface area contributed by atoms with E-state index >= 15 is 0 Å². The molecule has 0 bridgehead atoms. The Kier molecular flexibility index (Phi) is 7.23. The number of rotatable bonds is 6. The van der Waals surface area contributed by atoms with E-state index < -0.39 is 6.10 Å². The Balaban J connectivity index is 0.00000225. The molecule has 1 aromatic carbocycles. The van der Waals surface area contributed by atoms with Crippen molar-refractivity contribution in [1.82, 2.24) is 5.32 Å². The number of carbonyl (C=O) groups excluding carboxylic acids is 2. The highest BCUT2D eigenvalue weighted by atomic mass is 35.5. The van der Waals surface area contributed by atoms with E-state index in [1.807, 2.05) is 24.3 Å². The zero-order chi connectivity index (χ0) is 16.9. The number of nitrogens with two attached hydrogens (primary N) is 1. The van der Waals surface area contributed by atoms with Crippen LogP contribution in [0.15, 0.2) is 24.3 Å². The van der Waals surface area contributed by atoms with Gasteiger partial charge in [-0.15, -0.1) is 12.4 Å². The van der Waals surface area contributed by atoms with Gasteiger partial charge < -0.3 is 21.1 Å². The van der Waals surface area contributed by atoms with Crippen molar-refractivity contribution < 1.29 is 14.3 Å². The number of hydrogen-bond donors (Lipinski definition) is 3. The van der Waals surface area contributed by atoms with Gasteiger partial charge in [-0.1, -0.05) is 18.6 Å². The lowest BCUT2D eigenvalue weighted by atomic mass is 9.85. The Hall–Kier alpha value is -1.63. The first-order valence-corrected chi connectivity index (χ1v) is 8.68. The Morgan fingerprint density at radius 2 is 1.96 bits per heavy atom. The van der Waals surface area contributed by atoms with Crippen LogP contribution in [0.4, 0.5) is 5.69 Å². The molecule has 1 aliphatic carbocycles. The second-order valence-corrected chi connectivity index (χ2v) is 6.60. The molecule has 0 radical (unpaired) electrons. The minimum Gasteiger partial charge on any atom is -0.364 e. The molecule has 1 heterocycles. The number of ether oxygens (including phenoxy) is 1. The minimum atomic E-state index is -0.403. The molecule has 6 nitrogen and oxygen atoms in total. The van der Waals surface area contributed by atoms with Crippen LogP contribution in [0.25, 0.3) is 0 Å². The van der Waals surface area contributed by atoms with E-state index in [9.17, 15) is 9.59 Å². The number of benzene rings is 1. The monoisotopic (exact) mass is 367 g/mol. The standard InChI is InChI=1S/C18H25N3O3.ClH/c19-10-15-7-8-16(24-15)18(23)20-11-12-3-1-6-14(9-12)21-17(22)13-4-2-5-13;/h1,3,6,9,13,15-16H,2,4-5,7-8,10-11,19H2,(H,20,23)(H,21,22);1H/t15-,16+;/m1./s1. The van der Waals surface area contributed by atoms with Gasteiger partial charge in [-0.25, -0.2) is 0 Å². The van der Waals surface area contributed by atoms with Gasteiger partial charge in [0.15, 0.2) is 0 Å². The predicted molar refractivity (Wildman–Crippen MR) is 98.5 cm³/mol. The fraction of sp³-hybridized carbons (Fsp3) is 0.556. The van der Waals surface area contributed by atoms with Crippen LogP contribution >= 0.6 is 12.4 Å². The van der Waals surface area contributed by atoms with Gasteiger partial charge in [-0.05, 0) is 43.4 Å². The maximum Gasteiger partial charge on any atom is 0.249 e. The van der Waals surface area contributed by atoms with E-state index in [0.29, 0.717) is 19.5 Å². The van der Waals surface area contributed by atoms with Gasteiger partial charge in [0.25, 0.3) is 0 Å². The first-order valence-electron chi connectivity index (χ1n) is 8.68. The second-order valence-electron chi connectivity index (χ2n) is 6.60. The van der Waals surface area contributed by atoms with Gasteiger partial charge in [-0.3, -0.25) is 9.59 Å². The van der Waals surface area contributed by atoms with Crippen molar-refractivity contribution in [3.05, 3.63) is 29.8 Å². The normalized spacial score (nSPS) is 22.6. The highest BCUT2D eigenvalue weighted by molar-refractivity contribution is 5.93. The summed E-state index contributed by atoms with van der Waals surface area (Å²) in [5.74, 6) is 0.146. The molecule has 138 valence electrons. The Labute approximate surface area is 154 Å². The Morgan fingerprint density at radius 3 is 2.60 bits per heavy atom. The number of nitrogens with one attached hydrogen (secondary N) is 2. The molecule has 2 atom stereocenters. The Bertz CT molecular complexity index is 607. The molecular weight excluding hydrogens is 342 g/mol. The third-order valence-corrected chi connectivity index (χ3v) is 4.80. The molecule has 2 aliphatic rings. The molecule has 2 amide bonds. The summed E-state index contributed by atoms with van der Waals surface area (Å²) in [7, 11) is 0. The van der Waals surface area contributed by atoms with Gasteiger partial charge in [0.1, 0.15) is 6.10 Å². The molecule has 4 N–H and O–H groups in total. The molecule has 1 saturated carbocycles. The van der Waals surface area contributed by atoms with Gasteiger partial charge >= 0.3 is 0 Å². The molecule has 1 aromatic rings. The summed E-state index contributed by atoms with van der Waals surface area (Å²) < 4.78 is 5.59. The molecule has 25 heavy (non-hydrogen) atoms.